The Morgan fingerprint density at radius 3 is 2.84 bits per heavy atom. The SMILES string of the molecule is Cc1cc(/C(N)=N/O)nc(N2CCCC(C)(C)C2)n1. The average molecular weight is 263 g/mol. The first-order valence-corrected chi connectivity index (χ1v) is 6.50. The van der Waals surface area contributed by atoms with Gasteiger partial charge in [-0.15, -0.1) is 0 Å². The fourth-order valence-electron chi connectivity index (χ4n) is 2.47. The molecule has 0 bridgehead atoms. The monoisotopic (exact) mass is 263 g/mol. The Balaban J connectivity index is 2.32. The van der Waals surface area contributed by atoms with Crippen LogP contribution < -0.4 is 10.6 Å². The second kappa shape index (κ2) is 5.03. The maximum atomic E-state index is 8.75. The minimum atomic E-state index is 0.0167. The van der Waals surface area contributed by atoms with Crippen LogP contribution in [0.25, 0.3) is 0 Å². The Labute approximate surface area is 113 Å². The van der Waals surface area contributed by atoms with E-state index in [9.17, 15) is 0 Å². The lowest BCUT2D eigenvalue weighted by Crippen LogP contribution is -2.41. The maximum absolute atomic E-state index is 8.75. The number of aromatic nitrogens is 2. The number of piperidine rings is 1. The summed E-state index contributed by atoms with van der Waals surface area (Å²) in [6.07, 6.45) is 2.34. The molecule has 0 aromatic carbocycles. The fourth-order valence-corrected chi connectivity index (χ4v) is 2.47. The molecule has 2 rings (SSSR count). The van der Waals surface area contributed by atoms with Gasteiger partial charge < -0.3 is 15.8 Å². The summed E-state index contributed by atoms with van der Waals surface area (Å²) in [5.74, 6) is 0.678. The molecule has 3 N–H and O–H groups in total. The summed E-state index contributed by atoms with van der Waals surface area (Å²) >= 11 is 0. The van der Waals surface area contributed by atoms with Crippen LogP contribution in [0.5, 0.6) is 0 Å². The van der Waals surface area contributed by atoms with Crippen molar-refractivity contribution in [2.45, 2.75) is 33.6 Å². The lowest BCUT2D eigenvalue weighted by atomic mass is 9.84. The second-order valence-corrected chi connectivity index (χ2v) is 5.87. The molecule has 1 aromatic heterocycles. The van der Waals surface area contributed by atoms with E-state index in [2.05, 4.69) is 33.9 Å². The van der Waals surface area contributed by atoms with E-state index in [0.29, 0.717) is 11.6 Å². The second-order valence-electron chi connectivity index (χ2n) is 5.87. The van der Waals surface area contributed by atoms with Gasteiger partial charge in [0.1, 0.15) is 5.69 Å². The number of hydrogen-bond acceptors (Lipinski definition) is 5. The van der Waals surface area contributed by atoms with Gasteiger partial charge in [0.25, 0.3) is 0 Å². The smallest absolute Gasteiger partial charge is 0.226 e. The summed E-state index contributed by atoms with van der Waals surface area (Å²) in [5.41, 5.74) is 7.15. The van der Waals surface area contributed by atoms with Crippen molar-refractivity contribution in [1.29, 1.82) is 0 Å². The topological polar surface area (TPSA) is 87.6 Å². The standard InChI is InChI=1S/C13H21N5O/c1-9-7-10(11(14)17-19)16-12(15-9)18-6-4-5-13(2,3)8-18/h7,19H,4-6,8H2,1-3H3,(H2,14,17). The third-order valence-electron chi connectivity index (χ3n) is 3.40. The van der Waals surface area contributed by atoms with Crippen molar-refractivity contribution in [3.8, 4) is 0 Å². The van der Waals surface area contributed by atoms with Crippen LogP contribution in [0.4, 0.5) is 5.95 Å². The molecule has 6 heteroatoms. The number of anilines is 1. The summed E-state index contributed by atoms with van der Waals surface area (Å²) < 4.78 is 0. The molecule has 1 aliphatic heterocycles. The number of aryl methyl sites for hydroxylation is 1. The molecule has 19 heavy (non-hydrogen) atoms. The molecule has 0 amide bonds. The maximum Gasteiger partial charge on any atom is 0.226 e. The first-order chi connectivity index (χ1) is 8.91. The number of oxime groups is 1. The van der Waals surface area contributed by atoms with E-state index in [0.717, 1.165) is 25.2 Å². The quantitative estimate of drug-likeness (QED) is 0.365. The molecule has 0 radical (unpaired) electrons. The summed E-state index contributed by atoms with van der Waals surface area (Å²) in [5, 5.41) is 11.8. The molecule has 2 heterocycles. The Hall–Kier alpha value is -1.85. The van der Waals surface area contributed by atoms with Gasteiger partial charge in [-0.3, -0.25) is 0 Å². The lowest BCUT2D eigenvalue weighted by molar-refractivity contribution is 0.291. The molecular formula is C13H21N5O. The number of amidine groups is 1. The van der Waals surface area contributed by atoms with Crippen molar-refractivity contribution in [2.75, 3.05) is 18.0 Å². The summed E-state index contributed by atoms with van der Waals surface area (Å²) in [4.78, 5) is 11.0. The van der Waals surface area contributed by atoms with Crippen molar-refractivity contribution in [2.24, 2.45) is 16.3 Å². The molecule has 104 valence electrons. The Kier molecular flexibility index (Phi) is 3.59. The summed E-state index contributed by atoms with van der Waals surface area (Å²) in [6.45, 7) is 8.25. The van der Waals surface area contributed by atoms with E-state index in [1.165, 1.54) is 6.42 Å². The van der Waals surface area contributed by atoms with E-state index < -0.39 is 0 Å². The van der Waals surface area contributed by atoms with Crippen molar-refractivity contribution in [3.05, 3.63) is 17.5 Å². The van der Waals surface area contributed by atoms with Gasteiger partial charge in [-0.05, 0) is 31.2 Å². The van der Waals surface area contributed by atoms with Gasteiger partial charge in [-0.25, -0.2) is 9.97 Å². The molecule has 0 atom stereocenters. The first kappa shape index (κ1) is 13.6. The van der Waals surface area contributed by atoms with Crippen LogP contribution in [0.15, 0.2) is 11.2 Å². The minimum Gasteiger partial charge on any atom is -0.409 e. The fraction of sp³-hybridized carbons (Fsp3) is 0.615. The van der Waals surface area contributed by atoms with Crippen LogP contribution in [0.3, 0.4) is 0 Å². The molecule has 0 unspecified atom stereocenters. The van der Waals surface area contributed by atoms with Crippen LogP contribution in [0.2, 0.25) is 0 Å². The van der Waals surface area contributed by atoms with Gasteiger partial charge in [0.05, 0.1) is 0 Å². The zero-order valence-corrected chi connectivity index (χ0v) is 11.7. The first-order valence-electron chi connectivity index (χ1n) is 6.50. The molecule has 0 aliphatic carbocycles. The van der Waals surface area contributed by atoms with Crippen LogP contribution in [-0.2, 0) is 0 Å². The van der Waals surface area contributed by atoms with Gasteiger partial charge in [0, 0.05) is 18.8 Å². The predicted octanol–water partition coefficient (Wildman–Crippen LogP) is 1.51. The normalized spacial score (nSPS) is 19.5. The minimum absolute atomic E-state index is 0.0167. The molecule has 1 fully saturated rings. The summed E-state index contributed by atoms with van der Waals surface area (Å²) in [7, 11) is 0. The summed E-state index contributed by atoms with van der Waals surface area (Å²) in [6, 6.07) is 1.72. The van der Waals surface area contributed by atoms with Gasteiger partial charge in [-0.1, -0.05) is 19.0 Å². The zero-order chi connectivity index (χ0) is 14.0. The predicted molar refractivity (Wildman–Crippen MR) is 74.5 cm³/mol. The Morgan fingerprint density at radius 2 is 2.21 bits per heavy atom. The molecule has 0 saturated carbocycles. The van der Waals surface area contributed by atoms with Crippen molar-refractivity contribution in [1.82, 2.24) is 9.97 Å². The van der Waals surface area contributed by atoms with Crippen LogP contribution in [0.1, 0.15) is 38.1 Å². The van der Waals surface area contributed by atoms with Gasteiger partial charge in [0.2, 0.25) is 5.95 Å². The van der Waals surface area contributed by atoms with Gasteiger partial charge in [0.15, 0.2) is 5.84 Å². The van der Waals surface area contributed by atoms with Crippen molar-refractivity contribution in [3.63, 3.8) is 0 Å². The van der Waals surface area contributed by atoms with E-state index in [-0.39, 0.29) is 11.3 Å². The van der Waals surface area contributed by atoms with E-state index in [1.807, 2.05) is 6.92 Å². The molecule has 6 nitrogen and oxygen atoms in total. The van der Waals surface area contributed by atoms with Crippen molar-refractivity contribution < 1.29 is 5.21 Å². The van der Waals surface area contributed by atoms with Crippen molar-refractivity contribution >= 4 is 11.8 Å². The molecule has 1 saturated heterocycles. The highest BCUT2D eigenvalue weighted by molar-refractivity contribution is 5.95. The molecule has 0 spiro atoms. The zero-order valence-electron chi connectivity index (χ0n) is 11.7. The number of hydrogen-bond donors (Lipinski definition) is 2. The van der Waals surface area contributed by atoms with Gasteiger partial charge in [-0.2, -0.15) is 0 Å². The Morgan fingerprint density at radius 1 is 1.47 bits per heavy atom. The van der Waals surface area contributed by atoms with E-state index >= 15 is 0 Å². The van der Waals surface area contributed by atoms with Crippen LogP contribution in [0, 0.1) is 12.3 Å². The third-order valence-corrected chi connectivity index (χ3v) is 3.40. The largest absolute Gasteiger partial charge is 0.409 e. The van der Waals surface area contributed by atoms with Gasteiger partial charge >= 0.3 is 0 Å². The lowest BCUT2D eigenvalue weighted by Gasteiger charge is -2.38. The average Bonchev–Trinajstić information content (AvgIpc) is 2.36. The Bertz CT molecular complexity index is 498. The van der Waals surface area contributed by atoms with E-state index in [4.69, 9.17) is 10.9 Å². The van der Waals surface area contributed by atoms with Crippen LogP contribution in [-0.4, -0.2) is 34.1 Å². The highest BCUT2D eigenvalue weighted by Gasteiger charge is 2.28. The number of nitrogens with zero attached hydrogens (tertiary/aromatic N) is 4. The number of rotatable bonds is 2. The molecule has 1 aromatic rings. The third kappa shape index (κ3) is 3.13. The molecular weight excluding hydrogens is 242 g/mol. The van der Waals surface area contributed by atoms with Crippen LogP contribution >= 0.6 is 0 Å². The highest BCUT2D eigenvalue weighted by atomic mass is 16.4. The van der Waals surface area contributed by atoms with E-state index in [1.54, 1.807) is 6.07 Å². The highest BCUT2D eigenvalue weighted by Crippen LogP contribution is 2.30. The number of nitrogens with two attached hydrogens (primary N) is 1. The molecule has 1 aliphatic rings.